The van der Waals surface area contributed by atoms with Gasteiger partial charge < -0.3 is 24.1 Å². The molecule has 0 fully saturated rings. The van der Waals surface area contributed by atoms with Crippen molar-refractivity contribution >= 4 is 5.97 Å². The molecule has 0 atom stereocenters. The standard InChI is InChI=1S/C30H28O6/c1-20-14-28(12-13-29(20)36-19-30(31)32)35-18-21-15-24(22-4-8-26(33-2)9-5-22)17-25(16-21)23-6-10-27(34-3)11-7-23/h4-17H,18-19H2,1-3H3,(H,31,32). The quantitative estimate of drug-likeness (QED) is 0.281. The minimum atomic E-state index is -1.01. The first-order valence-corrected chi connectivity index (χ1v) is 11.5. The minimum Gasteiger partial charge on any atom is -0.497 e. The third kappa shape index (κ3) is 6.16. The number of benzene rings is 4. The van der Waals surface area contributed by atoms with Crippen molar-refractivity contribution in [3.05, 3.63) is 96.1 Å². The topological polar surface area (TPSA) is 74.2 Å². The first-order valence-electron chi connectivity index (χ1n) is 11.5. The van der Waals surface area contributed by atoms with E-state index in [1.807, 2.05) is 61.5 Å². The van der Waals surface area contributed by atoms with Crippen molar-refractivity contribution < 1.29 is 28.8 Å². The van der Waals surface area contributed by atoms with Crippen LogP contribution in [0.2, 0.25) is 0 Å². The lowest BCUT2D eigenvalue weighted by Gasteiger charge is -2.14. The molecule has 4 aromatic rings. The Morgan fingerprint density at radius 2 is 1.19 bits per heavy atom. The molecular weight excluding hydrogens is 456 g/mol. The molecule has 0 bridgehead atoms. The van der Waals surface area contributed by atoms with Gasteiger partial charge in [-0.25, -0.2) is 4.79 Å². The SMILES string of the molecule is COc1ccc(-c2cc(COc3ccc(OCC(=O)O)c(C)c3)cc(-c3ccc(OC)cc3)c2)cc1. The molecule has 0 heterocycles. The largest absolute Gasteiger partial charge is 0.497 e. The normalized spacial score (nSPS) is 10.5. The van der Waals surface area contributed by atoms with Gasteiger partial charge in [-0.05, 0) is 101 Å². The number of carbonyl (C=O) groups is 1. The second-order valence-electron chi connectivity index (χ2n) is 8.27. The van der Waals surface area contributed by atoms with Crippen LogP contribution in [0.4, 0.5) is 0 Å². The molecule has 36 heavy (non-hydrogen) atoms. The highest BCUT2D eigenvalue weighted by molar-refractivity contribution is 5.74. The first kappa shape index (κ1) is 24.7. The predicted molar refractivity (Wildman–Crippen MR) is 139 cm³/mol. The molecule has 0 aromatic heterocycles. The van der Waals surface area contributed by atoms with Crippen molar-refractivity contribution in [3.8, 4) is 45.3 Å². The first-order chi connectivity index (χ1) is 17.4. The second-order valence-corrected chi connectivity index (χ2v) is 8.27. The Morgan fingerprint density at radius 3 is 1.67 bits per heavy atom. The molecule has 0 aliphatic carbocycles. The lowest BCUT2D eigenvalue weighted by Crippen LogP contribution is -2.10. The van der Waals surface area contributed by atoms with Gasteiger partial charge in [-0.3, -0.25) is 0 Å². The number of aryl methyl sites for hydroxylation is 1. The lowest BCUT2D eigenvalue weighted by atomic mass is 9.96. The highest BCUT2D eigenvalue weighted by Crippen LogP contribution is 2.31. The zero-order valence-corrected chi connectivity index (χ0v) is 20.5. The number of carboxylic acid groups (broad SMARTS) is 1. The van der Waals surface area contributed by atoms with E-state index in [-0.39, 0.29) is 6.61 Å². The van der Waals surface area contributed by atoms with Crippen LogP contribution in [0.5, 0.6) is 23.0 Å². The molecule has 0 saturated heterocycles. The molecule has 4 aromatic carbocycles. The van der Waals surface area contributed by atoms with E-state index in [0.717, 1.165) is 44.9 Å². The van der Waals surface area contributed by atoms with Crippen molar-refractivity contribution in [1.82, 2.24) is 0 Å². The van der Waals surface area contributed by atoms with Gasteiger partial charge in [0, 0.05) is 0 Å². The number of methoxy groups -OCH3 is 2. The van der Waals surface area contributed by atoms with Gasteiger partial charge in [0.2, 0.25) is 0 Å². The average Bonchev–Trinajstić information content (AvgIpc) is 2.91. The molecule has 1 N–H and O–H groups in total. The van der Waals surface area contributed by atoms with E-state index < -0.39 is 5.97 Å². The van der Waals surface area contributed by atoms with Gasteiger partial charge in [-0.2, -0.15) is 0 Å². The van der Waals surface area contributed by atoms with E-state index in [1.54, 1.807) is 26.4 Å². The van der Waals surface area contributed by atoms with E-state index in [2.05, 4.69) is 18.2 Å². The summed E-state index contributed by atoms with van der Waals surface area (Å²) in [6.45, 7) is 1.84. The van der Waals surface area contributed by atoms with E-state index in [0.29, 0.717) is 18.1 Å². The zero-order valence-electron chi connectivity index (χ0n) is 20.5. The van der Waals surface area contributed by atoms with Crippen LogP contribution in [-0.4, -0.2) is 31.9 Å². The summed E-state index contributed by atoms with van der Waals surface area (Å²) < 4.78 is 22.0. The Kier molecular flexibility index (Phi) is 7.75. The monoisotopic (exact) mass is 484 g/mol. The van der Waals surface area contributed by atoms with Crippen molar-refractivity contribution in [2.75, 3.05) is 20.8 Å². The Hall–Kier alpha value is -4.45. The number of ether oxygens (including phenoxy) is 4. The van der Waals surface area contributed by atoms with E-state index in [4.69, 9.17) is 24.1 Å². The number of rotatable bonds is 10. The Bertz CT molecular complexity index is 1260. The molecule has 6 heteroatoms. The maximum Gasteiger partial charge on any atom is 0.341 e. The fourth-order valence-electron chi connectivity index (χ4n) is 3.86. The molecule has 0 unspecified atom stereocenters. The summed E-state index contributed by atoms with van der Waals surface area (Å²) in [5.74, 6) is 1.79. The van der Waals surface area contributed by atoms with Crippen LogP contribution in [0.25, 0.3) is 22.3 Å². The Morgan fingerprint density at radius 1 is 0.667 bits per heavy atom. The van der Waals surface area contributed by atoms with Crippen LogP contribution in [0.1, 0.15) is 11.1 Å². The predicted octanol–water partition coefficient (Wildman–Crippen LogP) is 6.39. The van der Waals surface area contributed by atoms with Crippen LogP contribution in [0, 0.1) is 6.92 Å². The summed E-state index contributed by atoms with van der Waals surface area (Å²) in [5, 5.41) is 8.83. The maximum absolute atomic E-state index is 10.8. The van der Waals surface area contributed by atoms with Crippen LogP contribution >= 0.6 is 0 Å². The highest BCUT2D eigenvalue weighted by atomic mass is 16.5. The minimum absolute atomic E-state index is 0.363. The van der Waals surface area contributed by atoms with Gasteiger partial charge >= 0.3 is 5.97 Å². The fraction of sp³-hybridized carbons (Fsp3) is 0.167. The molecule has 6 nitrogen and oxygen atoms in total. The number of hydrogen-bond acceptors (Lipinski definition) is 5. The van der Waals surface area contributed by atoms with Gasteiger partial charge in [0.05, 0.1) is 14.2 Å². The van der Waals surface area contributed by atoms with E-state index >= 15 is 0 Å². The lowest BCUT2D eigenvalue weighted by molar-refractivity contribution is -0.139. The highest BCUT2D eigenvalue weighted by Gasteiger charge is 2.09. The molecule has 0 radical (unpaired) electrons. The van der Waals surface area contributed by atoms with Gasteiger partial charge in [-0.1, -0.05) is 24.3 Å². The Balaban J connectivity index is 1.61. The summed E-state index contributed by atoms with van der Waals surface area (Å²) >= 11 is 0. The van der Waals surface area contributed by atoms with Crippen molar-refractivity contribution in [3.63, 3.8) is 0 Å². The molecule has 184 valence electrons. The van der Waals surface area contributed by atoms with Crippen LogP contribution < -0.4 is 18.9 Å². The average molecular weight is 485 g/mol. The summed E-state index contributed by atoms with van der Waals surface area (Å²) in [5.41, 5.74) is 6.10. The third-order valence-electron chi connectivity index (χ3n) is 5.74. The molecule has 0 spiro atoms. The number of hydrogen-bond donors (Lipinski definition) is 1. The smallest absolute Gasteiger partial charge is 0.341 e. The van der Waals surface area contributed by atoms with Crippen LogP contribution in [0.15, 0.2) is 84.9 Å². The second kappa shape index (κ2) is 11.3. The van der Waals surface area contributed by atoms with Crippen molar-refractivity contribution in [2.45, 2.75) is 13.5 Å². The van der Waals surface area contributed by atoms with Crippen LogP contribution in [0.3, 0.4) is 0 Å². The van der Waals surface area contributed by atoms with Crippen molar-refractivity contribution in [2.24, 2.45) is 0 Å². The molecule has 4 rings (SSSR count). The number of carboxylic acids is 1. The molecular formula is C30H28O6. The van der Waals surface area contributed by atoms with E-state index in [1.165, 1.54) is 0 Å². The van der Waals surface area contributed by atoms with Crippen LogP contribution in [-0.2, 0) is 11.4 Å². The maximum atomic E-state index is 10.8. The van der Waals surface area contributed by atoms with Gasteiger partial charge in [-0.15, -0.1) is 0 Å². The van der Waals surface area contributed by atoms with Gasteiger partial charge in [0.25, 0.3) is 0 Å². The third-order valence-corrected chi connectivity index (χ3v) is 5.74. The number of aliphatic carboxylic acids is 1. The summed E-state index contributed by atoms with van der Waals surface area (Å²) in [4.78, 5) is 10.8. The van der Waals surface area contributed by atoms with E-state index in [9.17, 15) is 4.79 Å². The van der Waals surface area contributed by atoms with Gasteiger partial charge in [0.15, 0.2) is 6.61 Å². The molecule has 0 saturated carbocycles. The fourth-order valence-corrected chi connectivity index (χ4v) is 3.86. The van der Waals surface area contributed by atoms with Crippen molar-refractivity contribution in [1.29, 1.82) is 0 Å². The Labute approximate surface area is 210 Å². The molecule has 0 amide bonds. The van der Waals surface area contributed by atoms with Gasteiger partial charge in [0.1, 0.15) is 29.6 Å². The molecule has 0 aliphatic rings. The zero-order chi connectivity index (χ0) is 25.5. The summed E-state index contributed by atoms with van der Waals surface area (Å²) in [6, 6.07) is 27.7. The summed E-state index contributed by atoms with van der Waals surface area (Å²) in [7, 11) is 3.31. The molecule has 0 aliphatic heterocycles. The summed E-state index contributed by atoms with van der Waals surface area (Å²) in [6.07, 6.45) is 0.